The Bertz CT molecular complexity index is 945. The van der Waals surface area contributed by atoms with Crippen molar-refractivity contribution in [3.63, 3.8) is 0 Å². The van der Waals surface area contributed by atoms with E-state index in [0.717, 1.165) is 38.5 Å². The first kappa shape index (κ1) is 20.7. The fourth-order valence-corrected chi connectivity index (χ4v) is 7.85. The van der Waals surface area contributed by atoms with Crippen LogP contribution in [0.4, 0.5) is 4.39 Å². The molecule has 0 unspecified atom stereocenters. The summed E-state index contributed by atoms with van der Waals surface area (Å²) in [6.07, 6.45) is 10.5. The number of hydrogen-bond acceptors (Lipinski definition) is 2. The molecule has 4 aliphatic rings. The van der Waals surface area contributed by atoms with Gasteiger partial charge in [0.25, 0.3) is 5.91 Å². The van der Waals surface area contributed by atoms with Crippen molar-refractivity contribution in [3.8, 4) is 0 Å². The molecule has 2 amide bonds. The number of halogens is 1. The second-order valence-electron chi connectivity index (χ2n) is 10.8. The molecule has 7 atom stereocenters. The van der Waals surface area contributed by atoms with Crippen molar-refractivity contribution in [2.75, 3.05) is 7.05 Å². The van der Waals surface area contributed by atoms with Gasteiger partial charge in [-0.15, -0.1) is 0 Å². The van der Waals surface area contributed by atoms with Crippen LogP contribution in [0.1, 0.15) is 62.7 Å². The second kappa shape index (κ2) is 7.18. The van der Waals surface area contributed by atoms with E-state index in [4.69, 9.17) is 0 Å². The maximum atomic E-state index is 13.6. The van der Waals surface area contributed by atoms with Gasteiger partial charge in [0.1, 0.15) is 5.82 Å². The highest BCUT2D eigenvalue weighted by atomic mass is 19.1. The standard InChI is InChI=1S/C26H33FN2O2/c1-25-13-11-20-18(7-10-22-26(20,2)14-12-23(30)29(22)3)19(25)8-9-21(25)28-24(31)16-5-4-6-17(27)15-16/h4-6,12,14-15,18-22H,7-11,13H2,1-3H3,(H,28,31)/t18-,19-,20-,21-,22+,25-,26+/m0/s1. The number of carbonyl (C=O) groups is 2. The van der Waals surface area contributed by atoms with Crippen molar-refractivity contribution < 1.29 is 14.0 Å². The van der Waals surface area contributed by atoms with Crippen LogP contribution in [0, 0.1) is 34.4 Å². The van der Waals surface area contributed by atoms with Crippen molar-refractivity contribution in [3.05, 3.63) is 47.8 Å². The molecule has 0 bridgehead atoms. The fourth-order valence-electron chi connectivity index (χ4n) is 7.85. The lowest BCUT2D eigenvalue weighted by Gasteiger charge is -2.60. The monoisotopic (exact) mass is 424 g/mol. The Morgan fingerprint density at radius 2 is 1.94 bits per heavy atom. The third kappa shape index (κ3) is 3.07. The van der Waals surface area contributed by atoms with Gasteiger partial charge in [0.15, 0.2) is 0 Å². The van der Waals surface area contributed by atoms with Crippen molar-refractivity contribution in [2.45, 2.75) is 64.5 Å². The van der Waals surface area contributed by atoms with Crippen LogP contribution in [-0.2, 0) is 4.79 Å². The predicted molar refractivity (Wildman–Crippen MR) is 118 cm³/mol. The Labute approximate surface area is 184 Å². The van der Waals surface area contributed by atoms with Gasteiger partial charge in [0, 0.05) is 30.1 Å². The molecule has 1 N–H and O–H groups in total. The van der Waals surface area contributed by atoms with Gasteiger partial charge in [-0.25, -0.2) is 4.39 Å². The van der Waals surface area contributed by atoms with Gasteiger partial charge >= 0.3 is 0 Å². The van der Waals surface area contributed by atoms with Crippen LogP contribution in [-0.4, -0.2) is 35.8 Å². The third-order valence-corrected chi connectivity index (χ3v) is 9.52. The molecule has 1 aromatic carbocycles. The molecular formula is C26H33FN2O2. The second-order valence-corrected chi connectivity index (χ2v) is 10.8. The van der Waals surface area contributed by atoms with Gasteiger partial charge in [0.05, 0.1) is 0 Å². The van der Waals surface area contributed by atoms with Crippen LogP contribution in [0.15, 0.2) is 36.4 Å². The highest BCUT2D eigenvalue weighted by Gasteiger charge is 2.60. The number of nitrogens with one attached hydrogen (secondary N) is 1. The first-order valence-electron chi connectivity index (χ1n) is 11.8. The van der Waals surface area contributed by atoms with E-state index in [-0.39, 0.29) is 34.5 Å². The van der Waals surface area contributed by atoms with Crippen LogP contribution < -0.4 is 5.32 Å². The van der Waals surface area contributed by atoms with Crippen LogP contribution >= 0.6 is 0 Å². The first-order chi connectivity index (χ1) is 14.7. The molecule has 166 valence electrons. The van der Waals surface area contributed by atoms with E-state index in [2.05, 4.69) is 25.2 Å². The summed E-state index contributed by atoms with van der Waals surface area (Å²) >= 11 is 0. The van der Waals surface area contributed by atoms with Crippen LogP contribution in [0.5, 0.6) is 0 Å². The van der Waals surface area contributed by atoms with Crippen LogP contribution in [0.25, 0.3) is 0 Å². The lowest BCUT2D eigenvalue weighted by Crippen LogP contribution is -2.60. The molecule has 0 aromatic heterocycles. The van der Waals surface area contributed by atoms with E-state index < -0.39 is 0 Å². The SMILES string of the molecule is CN1C(=O)C=C[C@]2(C)[C@H]3CC[C@]4(C)[C@@H](NC(=O)c5cccc(F)c5)CC[C@H]4[C@@H]3CC[C@@H]12. The molecule has 3 saturated carbocycles. The summed E-state index contributed by atoms with van der Waals surface area (Å²) in [5.74, 6) is 1.37. The quantitative estimate of drug-likeness (QED) is 0.756. The lowest BCUT2D eigenvalue weighted by molar-refractivity contribution is -0.138. The molecule has 3 aliphatic carbocycles. The van der Waals surface area contributed by atoms with Crippen molar-refractivity contribution >= 4 is 11.8 Å². The minimum absolute atomic E-state index is 0.0375. The first-order valence-corrected chi connectivity index (χ1v) is 11.8. The lowest BCUT2D eigenvalue weighted by atomic mass is 9.48. The van der Waals surface area contributed by atoms with Crippen molar-refractivity contribution in [1.82, 2.24) is 10.2 Å². The smallest absolute Gasteiger partial charge is 0.251 e. The largest absolute Gasteiger partial charge is 0.349 e. The molecule has 1 aliphatic heterocycles. The number of likely N-dealkylation sites (N-methyl/N-ethyl adjacent to an activating group) is 1. The zero-order chi connectivity index (χ0) is 22.0. The average Bonchev–Trinajstić information content (AvgIpc) is 3.07. The topological polar surface area (TPSA) is 49.4 Å². The van der Waals surface area contributed by atoms with Crippen LogP contribution in [0.3, 0.4) is 0 Å². The molecule has 0 radical (unpaired) electrons. The van der Waals surface area contributed by atoms with E-state index in [9.17, 15) is 14.0 Å². The summed E-state index contributed by atoms with van der Waals surface area (Å²) in [5, 5.41) is 3.26. The van der Waals surface area contributed by atoms with E-state index in [1.807, 2.05) is 11.9 Å². The van der Waals surface area contributed by atoms with Gasteiger partial charge in [-0.1, -0.05) is 26.0 Å². The molecule has 1 aromatic rings. The molecule has 4 nitrogen and oxygen atoms in total. The molecule has 5 heteroatoms. The summed E-state index contributed by atoms with van der Waals surface area (Å²) in [6.45, 7) is 4.72. The van der Waals surface area contributed by atoms with Gasteiger partial charge in [0.2, 0.25) is 5.91 Å². The molecular weight excluding hydrogens is 391 g/mol. The number of rotatable bonds is 2. The zero-order valence-electron chi connectivity index (χ0n) is 18.7. The summed E-state index contributed by atoms with van der Waals surface area (Å²) < 4.78 is 13.6. The Hall–Kier alpha value is -2.17. The minimum Gasteiger partial charge on any atom is -0.349 e. The molecule has 0 saturated heterocycles. The maximum Gasteiger partial charge on any atom is 0.251 e. The molecule has 0 spiro atoms. The predicted octanol–water partition coefficient (Wildman–Crippen LogP) is 4.56. The van der Waals surface area contributed by atoms with Crippen molar-refractivity contribution in [1.29, 1.82) is 0 Å². The minimum atomic E-state index is -0.377. The maximum absolute atomic E-state index is 13.6. The molecule has 1 heterocycles. The summed E-state index contributed by atoms with van der Waals surface area (Å²) in [4.78, 5) is 27.0. The Balaban J connectivity index is 1.37. The summed E-state index contributed by atoms with van der Waals surface area (Å²) in [7, 11) is 1.95. The number of benzene rings is 1. The molecule has 5 rings (SSSR count). The Morgan fingerprint density at radius 1 is 1.13 bits per heavy atom. The normalized spacial score (nSPS) is 41.4. The van der Waals surface area contributed by atoms with E-state index >= 15 is 0 Å². The number of amides is 2. The average molecular weight is 425 g/mol. The molecule has 3 fully saturated rings. The van der Waals surface area contributed by atoms with E-state index in [1.54, 1.807) is 18.2 Å². The molecule has 31 heavy (non-hydrogen) atoms. The highest BCUT2D eigenvalue weighted by Crippen LogP contribution is 2.63. The highest BCUT2D eigenvalue weighted by molar-refractivity contribution is 5.94. The van der Waals surface area contributed by atoms with E-state index in [0.29, 0.717) is 29.4 Å². The van der Waals surface area contributed by atoms with Crippen LogP contribution in [0.2, 0.25) is 0 Å². The van der Waals surface area contributed by atoms with E-state index in [1.165, 1.54) is 12.1 Å². The number of carbonyl (C=O) groups excluding carboxylic acids is 2. The summed E-state index contributed by atoms with van der Waals surface area (Å²) in [6, 6.07) is 6.38. The summed E-state index contributed by atoms with van der Waals surface area (Å²) in [5.41, 5.74) is 0.511. The number of nitrogens with zero attached hydrogens (tertiary/aromatic N) is 1. The number of hydrogen-bond donors (Lipinski definition) is 1. The van der Waals surface area contributed by atoms with Crippen molar-refractivity contribution in [2.24, 2.45) is 28.6 Å². The van der Waals surface area contributed by atoms with Gasteiger partial charge in [-0.3, -0.25) is 9.59 Å². The number of fused-ring (bicyclic) bond motifs is 5. The Morgan fingerprint density at radius 3 is 2.71 bits per heavy atom. The third-order valence-electron chi connectivity index (χ3n) is 9.52. The Kier molecular flexibility index (Phi) is 4.80. The van der Waals surface area contributed by atoms with Gasteiger partial charge in [-0.2, -0.15) is 0 Å². The van der Waals surface area contributed by atoms with Gasteiger partial charge in [-0.05, 0) is 86.0 Å². The zero-order valence-corrected chi connectivity index (χ0v) is 18.7. The van der Waals surface area contributed by atoms with Gasteiger partial charge < -0.3 is 10.2 Å². The fraction of sp³-hybridized carbons (Fsp3) is 0.615.